The molecule has 6 heteroatoms. The molecule has 3 aromatic rings. The van der Waals surface area contributed by atoms with Crippen molar-refractivity contribution in [3.63, 3.8) is 0 Å². The minimum absolute atomic E-state index is 0.0649. The van der Waals surface area contributed by atoms with Crippen LogP contribution in [0.3, 0.4) is 0 Å². The maximum atomic E-state index is 12.6. The fourth-order valence-corrected chi connectivity index (χ4v) is 2.73. The van der Waals surface area contributed by atoms with Crippen LogP contribution in [0.25, 0.3) is 16.4 Å². The van der Waals surface area contributed by atoms with Crippen molar-refractivity contribution >= 4 is 22.3 Å². The van der Waals surface area contributed by atoms with Gasteiger partial charge in [0.25, 0.3) is 5.56 Å². The molecule has 0 aliphatic rings. The summed E-state index contributed by atoms with van der Waals surface area (Å²) in [5.74, 6) is 0.463. The predicted molar refractivity (Wildman–Crippen MR) is 85.1 cm³/mol. The van der Waals surface area contributed by atoms with E-state index in [1.807, 2.05) is 49.4 Å². The van der Waals surface area contributed by atoms with Crippen molar-refractivity contribution < 1.29 is 4.79 Å². The lowest BCUT2D eigenvalue weighted by atomic mass is 10.2. The van der Waals surface area contributed by atoms with E-state index in [2.05, 4.69) is 10.4 Å². The number of hydrogen-bond donors (Lipinski definition) is 1. The Kier molecular flexibility index (Phi) is 3.44. The molecule has 2 heterocycles. The molecule has 0 saturated carbocycles. The lowest BCUT2D eigenvalue weighted by Gasteiger charge is -2.08. The van der Waals surface area contributed by atoms with Gasteiger partial charge in [0, 0.05) is 11.9 Å². The fraction of sp³-hybridized carbons (Fsp3) is 0.312. The van der Waals surface area contributed by atoms with Gasteiger partial charge in [0.05, 0.1) is 5.52 Å². The van der Waals surface area contributed by atoms with Crippen molar-refractivity contribution in [1.82, 2.24) is 19.5 Å². The van der Waals surface area contributed by atoms with Crippen LogP contribution in [0.2, 0.25) is 0 Å². The van der Waals surface area contributed by atoms with Crippen LogP contribution in [-0.4, -0.2) is 26.6 Å². The third kappa shape index (κ3) is 2.26. The molecule has 1 aromatic carbocycles. The number of aryl methyl sites for hydroxylation is 2. The SMILES string of the molecule is CCNC(=O)Cn1nc(C)n2c(cc3cc(C)ccc32)c1=O. The first-order valence-corrected chi connectivity index (χ1v) is 7.27. The predicted octanol–water partition coefficient (Wildman–Crippen LogP) is 1.40. The van der Waals surface area contributed by atoms with E-state index in [9.17, 15) is 9.59 Å². The van der Waals surface area contributed by atoms with Gasteiger partial charge < -0.3 is 5.32 Å². The van der Waals surface area contributed by atoms with E-state index in [1.165, 1.54) is 4.68 Å². The number of likely N-dealkylation sites (N-methyl/N-ethyl adjacent to an activating group) is 1. The van der Waals surface area contributed by atoms with Gasteiger partial charge in [-0.25, -0.2) is 4.68 Å². The first-order valence-electron chi connectivity index (χ1n) is 7.27. The molecular formula is C16H18N4O2. The number of amides is 1. The van der Waals surface area contributed by atoms with Crippen LogP contribution in [0.1, 0.15) is 18.3 Å². The van der Waals surface area contributed by atoms with Gasteiger partial charge in [-0.3, -0.25) is 14.0 Å². The number of nitrogens with one attached hydrogen (secondary N) is 1. The van der Waals surface area contributed by atoms with Crippen LogP contribution >= 0.6 is 0 Å². The molecule has 3 rings (SSSR count). The third-order valence-corrected chi connectivity index (χ3v) is 3.67. The molecule has 6 nitrogen and oxygen atoms in total. The maximum Gasteiger partial charge on any atom is 0.291 e. The van der Waals surface area contributed by atoms with Crippen molar-refractivity contribution in [3.05, 3.63) is 46.0 Å². The number of aromatic nitrogens is 3. The Morgan fingerprint density at radius 1 is 1.23 bits per heavy atom. The smallest absolute Gasteiger partial charge is 0.291 e. The highest BCUT2D eigenvalue weighted by Gasteiger charge is 2.13. The molecule has 0 unspecified atom stereocenters. The summed E-state index contributed by atoms with van der Waals surface area (Å²) in [5, 5.41) is 7.95. The van der Waals surface area contributed by atoms with E-state index >= 15 is 0 Å². The van der Waals surface area contributed by atoms with Crippen molar-refractivity contribution in [2.45, 2.75) is 27.3 Å². The number of hydrogen-bond acceptors (Lipinski definition) is 3. The van der Waals surface area contributed by atoms with Gasteiger partial charge in [0.15, 0.2) is 0 Å². The summed E-state index contributed by atoms with van der Waals surface area (Å²) in [6.07, 6.45) is 0. The van der Waals surface area contributed by atoms with Crippen molar-refractivity contribution in [2.24, 2.45) is 0 Å². The number of carbonyl (C=O) groups is 1. The zero-order chi connectivity index (χ0) is 15.9. The van der Waals surface area contributed by atoms with Gasteiger partial charge in [0.1, 0.15) is 17.9 Å². The summed E-state index contributed by atoms with van der Waals surface area (Å²) in [5.41, 5.74) is 2.37. The van der Waals surface area contributed by atoms with Gasteiger partial charge in [-0.1, -0.05) is 11.6 Å². The summed E-state index contributed by atoms with van der Waals surface area (Å²) < 4.78 is 3.06. The summed E-state index contributed by atoms with van der Waals surface area (Å²) in [6, 6.07) is 7.89. The van der Waals surface area contributed by atoms with Crippen LogP contribution in [-0.2, 0) is 11.3 Å². The number of carbonyl (C=O) groups excluding carboxylic acids is 1. The van der Waals surface area contributed by atoms with E-state index in [0.29, 0.717) is 17.9 Å². The average Bonchev–Trinajstić information content (AvgIpc) is 2.83. The molecule has 2 aromatic heterocycles. The highest BCUT2D eigenvalue weighted by Crippen LogP contribution is 2.20. The zero-order valence-electron chi connectivity index (χ0n) is 12.9. The lowest BCUT2D eigenvalue weighted by molar-refractivity contribution is -0.121. The molecule has 0 atom stereocenters. The van der Waals surface area contributed by atoms with Crippen LogP contribution in [0.4, 0.5) is 0 Å². The Morgan fingerprint density at radius 2 is 2.00 bits per heavy atom. The van der Waals surface area contributed by atoms with Gasteiger partial charge >= 0.3 is 0 Å². The second kappa shape index (κ2) is 5.29. The molecule has 0 radical (unpaired) electrons. The van der Waals surface area contributed by atoms with E-state index in [-0.39, 0.29) is 18.0 Å². The molecule has 0 spiro atoms. The van der Waals surface area contributed by atoms with E-state index in [0.717, 1.165) is 16.5 Å². The Balaban J connectivity index is 2.23. The standard InChI is InChI=1S/C16H18N4O2/c1-4-17-15(21)9-19-16(22)14-8-12-7-10(2)5-6-13(12)20(14)11(3)18-19/h5-8H,4,9H2,1-3H3,(H,17,21). The molecule has 22 heavy (non-hydrogen) atoms. The van der Waals surface area contributed by atoms with E-state index < -0.39 is 0 Å². The van der Waals surface area contributed by atoms with E-state index in [1.54, 1.807) is 0 Å². The molecule has 0 aliphatic heterocycles. The second-order valence-corrected chi connectivity index (χ2v) is 5.39. The van der Waals surface area contributed by atoms with Gasteiger partial charge in [-0.15, -0.1) is 0 Å². The van der Waals surface area contributed by atoms with Gasteiger partial charge in [-0.2, -0.15) is 5.10 Å². The first-order chi connectivity index (χ1) is 10.5. The van der Waals surface area contributed by atoms with Crippen molar-refractivity contribution in [3.8, 4) is 0 Å². The van der Waals surface area contributed by atoms with Crippen molar-refractivity contribution in [2.75, 3.05) is 6.54 Å². The Morgan fingerprint density at radius 3 is 2.73 bits per heavy atom. The summed E-state index contributed by atoms with van der Waals surface area (Å²) >= 11 is 0. The molecule has 1 N–H and O–H groups in total. The number of benzene rings is 1. The quantitative estimate of drug-likeness (QED) is 0.795. The lowest BCUT2D eigenvalue weighted by Crippen LogP contribution is -2.34. The molecule has 0 bridgehead atoms. The zero-order valence-corrected chi connectivity index (χ0v) is 12.9. The van der Waals surface area contributed by atoms with Gasteiger partial charge in [-0.05, 0) is 39.0 Å². The molecule has 1 amide bonds. The number of fused-ring (bicyclic) bond motifs is 3. The monoisotopic (exact) mass is 298 g/mol. The highest BCUT2D eigenvalue weighted by molar-refractivity contribution is 5.87. The third-order valence-electron chi connectivity index (χ3n) is 3.67. The van der Waals surface area contributed by atoms with Crippen molar-refractivity contribution in [1.29, 1.82) is 0 Å². The van der Waals surface area contributed by atoms with Crippen LogP contribution in [0.15, 0.2) is 29.1 Å². The summed E-state index contributed by atoms with van der Waals surface area (Å²) in [4.78, 5) is 24.3. The number of nitrogens with zero attached hydrogens (tertiary/aromatic N) is 3. The second-order valence-electron chi connectivity index (χ2n) is 5.39. The fourth-order valence-electron chi connectivity index (χ4n) is 2.73. The first kappa shape index (κ1) is 14.3. The van der Waals surface area contributed by atoms with Crippen LogP contribution in [0.5, 0.6) is 0 Å². The molecule has 0 aliphatic carbocycles. The summed E-state index contributed by atoms with van der Waals surface area (Å²) in [7, 11) is 0. The molecule has 114 valence electrons. The Labute approximate surface area is 127 Å². The van der Waals surface area contributed by atoms with Gasteiger partial charge in [0.2, 0.25) is 5.91 Å². The Bertz CT molecular complexity index is 937. The minimum Gasteiger partial charge on any atom is -0.355 e. The molecule has 0 saturated heterocycles. The Hall–Kier alpha value is -2.63. The topological polar surface area (TPSA) is 68.4 Å². The van der Waals surface area contributed by atoms with E-state index in [4.69, 9.17) is 0 Å². The normalized spacial score (nSPS) is 11.2. The highest BCUT2D eigenvalue weighted by atomic mass is 16.2. The maximum absolute atomic E-state index is 12.6. The van der Waals surface area contributed by atoms with Crippen LogP contribution in [0, 0.1) is 13.8 Å². The molecule has 0 fully saturated rings. The minimum atomic E-state index is -0.259. The number of rotatable bonds is 3. The largest absolute Gasteiger partial charge is 0.355 e. The summed E-state index contributed by atoms with van der Waals surface area (Å²) in [6.45, 7) is 6.15. The van der Waals surface area contributed by atoms with Crippen LogP contribution < -0.4 is 10.9 Å². The molecular weight excluding hydrogens is 280 g/mol. The average molecular weight is 298 g/mol.